The Kier molecular flexibility index (Phi) is 3.34. The van der Waals surface area contributed by atoms with Gasteiger partial charge >= 0.3 is 6.09 Å². The number of hydrogen-bond acceptors (Lipinski definition) is 5. The van der Waals surface area contributed by atoms with Crippen LogP contribution in [0, 0.1) is 5.92 Å². The third-order valence-corrected chi connectivity index (χ3v) is 4.50. The molecule has 0 bridgehead atoms. The predicted octanol–water partition coefficient (Wildman–Crippen LogP) is -0.454. The van der Waals surface area contributed by atoms with E-state index in [0.29, 0.717) is 19.6 Å². The van der Waals surface area contributed by atoms with Crippen LogP contribution in [0.15, 0.2) is 0 Å². The van der Waals surface area contributed by atoms with E-state index >= 15 is 0 Å². The first-order chi connectivity index (χ1) is 7.55. The highest BCUT2D eigenvalue weighted by molar-refractivity contribution is 7.91. The molecule has 2 aliphatic heterocycles. The van der Waals surface area contributed by atoms with Crippen molar-refractivity contribution in [3.63, 3.8) is 0 Å². The molecule has 1 N–H and O–H groups in total. The molecule has 2 aliphatic rings. The number of nitrogens with one attached hydrogen (secondary N) is 1. The van der Waals surface area contributed by atoms with Crippen molar-refractivity contribution in [1.29, 1.82) is 0 Å². The molecular formula is C9H15NO5S. The Balaban J connectivity index is 1.61. The zero-order valence-corrected chi connectivity index (χ0v) is 9.66. The highest BCUT2D eigenvalue weighted by Crippen LogP contribution is 2.17. The lowest BCUT2D eigenvalue weighted by Gasteiger charge is -2.09. The number of carbonyl (C=O) groups is 1. The average molecular weight is 249 g/mol. The van der Waals surface area contributed by atoms with Crippen molar-refractivity contribution < 1.29 is 22.7 Å². The van der Waals surface area contributed by atoms with Gasteiger partial charge in [-0.2, -0.15) is 0 Å². The molecule has 2 atom stereocenters. The molecule has 92 valence electrons. The monoisotopic (exact) mass is 249 g/mol. The Bertz CT molecular complexity index is 362. The largest absolute Gasteiger partial charge is 0.447 e. The lowest BCUT2D eigenvalue weighted by atomic mass is 10.1. The third-order valence-electron chi connectivity index (χ3n) is 2.66. The van der Waals surface area contributed by atoms with Crippen LogP contribution in [0.2, 0.25) is 0 Å². The van der Waals surface area contributed by atoms with Crippen molar-refractivity contribution in [3.8, 4) is 0 Å². The summed E-state index contributed by atoms with van der Waals surface area (Å²) in [6.45, 7) is 1.28. The number of hydrogen-bond donors (Lipinski definition) is 1. The second-order valence-electron chi connectivity index (χ2n) is 4.20. The molecule has 6 nitrogen and oxygen atoms in total. The Hall–Kier alpha value is -0.820. The Morgan fingerprint density at radius 1 is 1.50 bits per heavy atom. The molecule has 0 aromatic carbocycles. The molecule has 7 heteroatoms. The highest BCUT2D eigenvalue weighted by Gasteiger charge is 2.28. The molecular weight excluding hydrogens is 234 g/mol. The zero-order chi connectivity index (χ0) is 11.6. The van der Waals surface area contributed by atoms with Gasteiger partial charge < -0.3 is 14.8 Å². The van der Waals surface area contributed by atoms with Gasteiger partial charge in [0, 0.05) is 6.54 Å². The van der Waals surface area contributed by atoms with Gasteiger partial charge in [-0.15, -0.1) is 0 Å². The molecule has 2 fully saturated rings. The summed E-state index contributed by atoms with van der Waals surface area (Å²) in [5.74, 6) is 0.415. The lowest BCUT2D eigenvalue weighted by Crippen LogP contribution is -2.31. The fraction of sp³-hybridized carbons (Fsp3) is 0.889. The van der Waals surface area contributed by atoms with Crippen molar-refractivity contribution in [1.82, 2.24) is 5.32 Å². The number of amides is 1. The molecule has 0 saturated carbocycles. The van der Waals surface area contributed by atoms with E-state index in [1.807, 2.05) is 0 Å². The average Bonchev–Trinajstić information content (AvgIpc) is 2.97. The minimum atomic E-state index is -2.87. The van der Waals surface area contributed by atoms with Gasteiger partial charge in [0.25, 0.3) is 0 Å². The summed E-state index contributed by atoms with van der Waals surface area (Å²) in [6.07, 6.45) is 0.173. The maximum atomic E-state index is 11.2. The van der Waals surface area contributed by atoms with Crippen LogP contribution in [0.1, 0.15) is 6.42 Å². The van der Waals surface area contributed by atoms with E-state index in [9.17, 15) is 13.2 Å². The van der Waals surface area contributed by atoms with Gasteiger partial charge in [-0.1, -0.05) is 0 Å². The summed E-state index contributed by atoms with van der Waals surface area (Å²) < 4.78 is 32.0. The minimum Gasteiger partial charge on any atom is -0.447 e. The van der Waals surface area contributed by atoms with Gasteiger partial charge in [0.1, 0.15) is 12.7 Å². The maximum Gasteiger partial charge on any atom is 0.407 e. The van der Waals surface area contributed by atoms with E-state index in [1.54, 1.807) is 0 Å². The molecule has 2 saturated heterocycles. The van der Waals surface area contributed by atoms with E-state index in [4.69, 9.17) is 9.47 Å². The Labute approximate surface area is 94.2 Å². The molecule has 0 aromatic rings. The van der Waals surface area contributed by atoms with Crippen LogP contribution in [0.25, 0.3) is 0 Å². The fourth-order valence-corrected chi connectivity index (χ4v) is 3.51. The first-order valence-corrected chi connectivity index (χ1v) is 7.10. The van der Waals surface area contributed by atoms with Crippen molar-refractivity contribution in [2.45, 2.75) is 12.5 Å². The second kappa shape index (κ2) is 4.58. The summed E-state index contributed by atoms with van der Waals surface area (Å²) in [5.41, 5.74) is 0. The first kappa shape index (κ1) is 11.7. The molecule has 0 spiro atoms. The van der Waals surface area contributed by atoms with Gasteiger partial charge in [-0.3, -0.25) is 0 Å². The summed E-state index contributed by atoms with van der Waals surface area (Å²) in [4.78, 5) is 11.2. The molecule has 0 aromatic heterocycles. The predicted molar refractivity (Wildman–Crippen MR) is 55.9 cm³/mol. The molecule has 2 rings (SSSR count). The normalized spacial score (nSPS) is 31.0. The van der Waals surface area contributed by atoms with Crippen molar-refractivity contribution in [2.75, 3.05) is 31.3 Å². The fourth-order valence-electron chi connectivity index (χ4n) is 1.64. The van der Waals surface area contributed by atoms with E-state index in [1.165, 1.54) is 0 Å². The molecule has 0 radical (unpaired) electrons. The SMILES string of the molecule is O=C(NC[C@@H]1CCS(=O)(=O)C1)OC[C@@H]1CO1. The van der Waals surface area contributed by atoms with E-state index in [2.05, 4.69) is 5.32 Å². The van der Waals surface area contributed by atoms with Gasteiger partial charge in [0.05, 0.1) is 18.1 Å². The molecule has 0 aliphatic carbocycles. The van der Waals surface area contributed by atoms with E-state index < -0.39 is 15.9 Å². The number of sulfone groups is 1. The van der Waals surface area contributed by atoms with Gasteiger partial charge in [0.15, 0.2) is 9.84 Å². The van der Waals surface area contributed by atoms with Crippen LogP contribution in [-0.2, 0) is 19.3 Å². The maximum absolute atomic E-state index is 11.2. The zero-order valence-electron chi connectivity index (χ0n) is 8.85. The molecule has 2 heterocycles. The number of epoxide rings is 1. The topological polar surface area (TPSA) is 85.0 Å². The molecule has 16 heavy (non-hydrogen) atoms. The number of ether oxygens (including phenoxy) is 2. The lowest BCUT2D eigenvalue weighted by molar-refractivity contribution is 0.135. The Morgan fingerprint density at radius 2 is 2.25 bits per heavy atom. The van der Waals surface area contributed by atoms with Crippen LogP contribution < -0.4 is 5.32 Å². The van der Waals surface area contributed by atoms with Gasteiger partial charge in [-0.05, 0) is 12.3 Å². The van der Waals surface area contributed by atoms with Crippen LogP contribution in [0.5, 0.6) is 0 Å². The van der Waals surface area contributed by atoms with Crippen LogP contribution >= 0.6 is 0 Å². The summed E-state index contributed by atoms with van der Waals surface area (Å²) in [7, 11) is -2.87. The van der Waals surface area contributed by atoms with Crippen molar-refractivity contribution in [3.05, 3.63) is 0 Å². The minimum absolute atomic E-state index is 0.0229. The third kappa shape index (κ3) is 3.64. The number of carbonyl (C=O) groups excluding carboxylic acids is 1. The van der Waals surface area contributed by atoms with Crippen LogP contribution in [0.4, 0.5) is 4.79 Å². The van der Waals surface area contributed by atoms with E-state index in [-0.39, 0.29) is 30.1 Å². The van der Waals surface area contributed by atoms with Gasteiger partial charge in [0.2, 0.25) is 0 Å². The summed E-state index contributed by atoms with van der Waals surface area (Å²) >= 11 is 0. The van der Waals surface area contributed by atoms with Crippen molar-refractivity contribution in [2.24, 2.45) is 5.92 Å². The standard InChI is InChI=1S/C9H15NO5S/c11-9(15-5-8-4-14-8)10-3-7-1-2-16(12,13)6-7/h7-8H,1-6H2,(H,10,11)/t7-,8-/m0/s1. The van der Waals surface area contributed by atoms with Gasteiger partial charge in [-0.25, -0.2) is 13.2 Å². The molecule has 1 amide bonds. The van der Waals surface area contributed by atoms with Crippen molar-refractivity contribution >= 4 is 15.9 Å². The Morgan fingerprint density at radius 3 is 2.81 bits per heavy atom. The number of rotatable bonds is 4. The molecule has 0 unspecified atom stereocenters. The highest BCUT2D eigenvalue weighted by atomic mass is 32.2. The number of alkyl carbamates (subject to hydrolysis) is 1. The quantitative estimate of drug-likeness (QED) is 0.682. The second-order valence-corrected chi connectivity index (χ2v) is 6.43. The summed E-state index contributed by atoms with van der Waals surface area (Å²) in [6, 6.07) is 0. The first-order valence-electron chi connectivity index (χ1n) is 5.28. The van der Waals surface area contributed by atoms with Crippen LogP contribution in [-0.4, -0.2) is 51.9 Å². The summed E-state index contributed by atoms with van der Waals surface area (Å²) in [5, 5.41) is 2.56. The smallest absolute Gasteiger partial charge is 0.407 e. The van der Waals surface area contributed by atoms with E-state index in [0.717, 1.165) is 0 Å². The van der Waals surface area contributed by atoms with Crippen LogP contribution in [0.3, 0.4) is 0 Å².